The Labute approximate surface area is 131 Å². The second-order valence-corrected chi connectivity index (χ2v) is 6.64. The molecular weight excluding hydrogens is 338 g/mol. The average molecular weight is 349 g/mol. The number of para-hydroxylation sites is 1. The summed E-state index contributed by atoms with van der Waals surface area (Å²) in [6.07, 6.45) is 0. The van der Waals surface area contributed by atoms with Gasteiger partial charge in [-0.1, -0.05) is 35.3 Å². The van der Waals surface area contributed by atoms with Crippen LogP contribution in [0.2, 0.25) is 10.0 Å². The number of benzene rings is 2. The molecule has 0 fully saturated rings. The van der Waals surface area contributed by atoms with E-state index in [1.54, 1.807) is 6.07 Å². The molecule has 112 valence electrons. The number of halogens is 3. The second kappa shape index (κ2) is 6.19. The van der Waals surface area contributed by atoms with Crippen LogP contribution >= 0.6 is 23.2 Å². The molecule has 2 aromatic carbocycles. The summed E-state index contributed by atoms with van der Waals surface area (Å²) in [5.74, 6) is -0.780. The molecule has 8 heteroatoms. The highest BCUT2D eigenvalue weighted by atomic mass is 35.5. The molecule has 0 aliphatic carbocycles. The van der Waals surface area contributed by atoms with Crippen LogP contribution in [0.15, 0.2) is 41.3 Å². The Bertz CT molecular complexity index is 761. The van der Waals surface area contributed by atoms with Crippen LogP contribution in [0.5, 0.6) is 0 Å². The Morgan fingerprint density at radius 3 is 2.48 bits per heavy atom. The van der Waals surface area contributed by atoms with E-state index < -0.39 is 15.8 Å². The molecule has 0 heterocycles. The van der Waals surface area contributed by atoms with Gasteiger partial charge in [-0.15, -0.1) is 0 Å². The topological polar surface area (TPSA) is 72.2 Å². The quantitative estimate of drug-likeness (QED) is 0.889. The Morgan fingerprint density at radius 2 is 1.86 bits per heavy atom. The number of hydrogen-bond acceptors (Lipinski definition) is 3. The van der Waals surface area contributed by atoms with E-state index in [2.05, 4.69) is 4.72 Å². The highest BCUT2D eigenvalue weighted by molar-refractivity contribution is 7.92. The first-order valence-electron chi connectivity index (χ1n) is 5.80. The van der Waals surface area contributed by atoms with Crippen LogP contribution in [0.3, 0.4) is 0 Å². The van der Waals surface area contributed by atoms with Crippen LogP contribution in [0.4, 0.5) is 10.1 Å². The van der Waals surface area contributed by atoms with Crippen molar-refractivity contribution < 1.29 is 12.8 Å². The summed E-state index contributed by atoms with van der Waals surface area (Å²) in [4.78, 5) is -0.188. The first-order chi connectivity index (χ1) is 9.85. The fourth-order valence-corrected chi connectivity index (χ4v) is 3.57. The number of sulfonamides is 1. The molecule has 3 N–H and O–H groups in total. The van der Waals surface area contributed by atoms with E-state index in [1.807, 2.05) is 0 Å². The van der Waals surface area contributed by atoms with Crippen molar-refractivity contribution in [3.05, 3.63) is 57.8 Å². The van der Waals surface area contributed by atoms with E-state index in [4.69, 9.17) is 28.9 Å². The van der Waals surface area contributed by atoms with Crippen molar-refractivity contribution in [1.29, 1.82) is 0 Å². The maximum atomic E-state index is 13.7. The lowest BCUT2D eigenvalue weighted by molar-refractivity contribution is 0.598. The zero-order chi connectivity index (χ0) is 15.6. The molecule has 0 saturated carbocycles. The Morgan fingerprint density at radius 1 is 1.14 bits per heavy atom. The summed E-state index contributed by atoms with van der Waals surface area (Å²) in [6.45, 7) is 0.153. The van der Waals surface area contributed by atoms with Gasteiger partial charge in [-0.05, 0) is 29.8 Å². The van der Waals surface area contributed by atoms with Crippen LogP contribution < -0.4 is 10.5 Å². The molecule has 21 heavy (non-hydrogen) atoms. The zero-order valence-corrected chi connectivity index (χ0v) is 12.9. The van der Waals surface area contributed by atoms with Gasteiger partial charge in [0.05, 0.1) is 10.0 Å². The number of nitrogens with one attached hydrogen (secondary N) is 1. The molecule has 4 nitrogen and oxygen atoms in total. The van der Waals surface area contributed by atoms with Crippen molar-refractivity contribution in [1.82, 2.24) is 0 Å². The van der Waals surface area contributed by atoms with Gasteiger partial charge in [0, 0.05) is 6.54 Å². The molecule has 0 radical (unpaired) electrons. The maximum Gasteiger partial charge on any atom is 0.263 e. The fraction of sp³-hybridized carbons (Fsp3) is 0.0769. The predicted octanol–water partition coefficient (Wildman–Crippen LogP) is 3.39. The van der Waals surface area contributed by atoms with E-state index in [0.717, 1.165) is 6.07 Å². The molecule has 0 aromatic heterocycles. The van der Waals surface area contributed by atoms with E-state index in [1.165, 1.54) is 24.3 Å². The third kappa shape index (κ3) is 3.47. The van der Waals surface area contributed by atoms with Crippen LogP contribution in [-0.2, 0) is 16.6 Å². The lowest BCUT2D eigenvalue weighted by Crippen LogP contribution is -2.15. The van der Waals surface area contributed by atoms with Crippen LogP contribution in [-0.4, -0.2) is 8.42 Å². The average Bonchev–Trinajstić information content (AvgIpc) is 2.43. The number of anilines is 1. The lowest BCUT2D eigenvalue weighted by atomic mass is 10.2. The lowest BCUT2D eigenvalue weighted by Gasteiger charge is -2.12. The highest BCUT2D eigenvalue weighted by Gasteiger charge is 2.21. The second-order valence-electron chi connectivity index (χ2n) is 4.17. The van der Waals surface area contributed by atoms with Gasteiger partial charge in [-0.25, -0.2) is 12.8 Å². The zero-order valence-electron chi connectivity index (χ0n) is 10.6. The first-order valence-corrected chi connectivity index (χ1v) is 8.04. The minimum atomic E-state index is -4.08. The normalized spacial score (nSPS) is 11.4. The molecule has 0 spiro atoms. The molecular formula is C13H11Cl2FN2O2S. The monoisotopic (exact) mass is 348 g/mol. The molecule has 0 aliphatic heterocycles. The highest BCUT2D eigenvalue weighted by Crippen LogP contribution is 2.30. The molecule has 0 amide bonds. The van der Waals surface area contributed by atoms with E-state index >= 15 is 0 Å². The summed E-state index contributed by atoms with van der Waals surface area (Å²) in [5, 5.41) is -0.0446. The van der Waals surface area contributed by atoms with Crippen LogP contribution in [0.1, 0.15) is 5.56 Å². The van der Waals surface area contributed by atoms with Crippen molar-refractivity contribution in [2.45, 2.75) is 11.4 Å². The third-order valence-electron chi connectivity index (χ3n) is 2.72. The van der Waals surface area contributed by atoms with Gasteiger partial charge in [-0.3, -0.25) is 4.72 Å². The van der Waals surface area contributed by atoms with Crippen LogP contribution in [0, 0.1) is 5.82 Å². The van der Waals surface area contributed by atoms with Crippen molar-refractivity contribution in [2.75, 3.05) is 4.72 Å². The van der Waals surface area contributed by atoms with Crippen molar-refractivity contribution >= 4 is 38.9 Å². The molecule has 2 aromatic rings. The summed E-state index contributed by atoms with van der Waals surface area (Å²) in [7, 11) is -4.08. The molecule has 0 bridgehead atoms. The third-order valence-corrected chi connectivity index (χ3v) is 4.87. The van der Waals surface area contributed by atoms with Gasteiger partial charge < -0.3 is 5.73 Å². The maximum absolute atomic E-state index is 13.7. The van der Waals surface area contributed by atoms with Gasteiger partial charge in [0.1, 0.15) is 16.4 Å². The summed E-state index contributed by atoms with van der Waals surface area (Å²) in [6, 6.07) is 8.21. The van der Waals surface area contributed by atoms with Crippen molar-refractivity contribution in [3.63, 3.8) is 0 Å². The molecule has 0 saturated heterocycles. The molecule has 0 unspecified atom stereocenters. The predicted molar refractivity (Wildman–Crippen MR) is 81.6 cm³/mol. The van der Waals surface area contributed by atoms with Gasteiger partial charge >= 0.3 is 0 Å². The Kier molecular flexibility index (Phi) is 4.73. The van der Waals surface area contributed by atoms with Gasteiger partial charge in [0.25, 0.3) is 10.0 Å². The van der Waals surface area contributed by atoms with Gasteiger partial charge in [0.2, 0.25) is 0 Å². The summed E-state index contributed by atoms with van der Waals surface area (Å²) < 4.78 is 40.4. The van der Waals surface area contributed by atoms with Gasteiger partial charge in [0.15, 0.2) is 0 Å². The minimum absolute atomic E-state index is 0.00663. The fourth-order valence-electron chi connectivity index (χ4n) is 1.67. The van der Waals surface area contributed by atoms with E-state index in [9.17, 15) is 12.8 Å². The van der Waals surface area contributed by atoms with Crippen molar-refractivity contribution in [3.8, 4) is 0 Å². The number of nitrogens with two attached hydrogens (primary N) is 1. The smallest absolute Gasteiger partial charge is 0.263 e. The van der Waals surface area contributed by atoms with Gasteiger partial charge in [-0.2, -0.15) is 0 Å². The molecule has 0 aliphatic rings. The largest absolute Gasteiger partial charge is 0.326 e. The standard InChI is InChI=1S/C13H11Cl2FN2O2S/c14-9-5-4-8(7-17)6-12(9)21(19,20)18-13-10(15)2-1-3-11(13)16/h1-6,18H,7,17H2. The first kappa shape index (κ1) is 16.0. The summed E-state index contributed by atoms with van der Waals surface area (Å²) in [5.41, 5.74) is 5.73. The van der Waals surface area contributed by atoms with E-state index in [0.29, 0.717) is 5.56 Å². The van der Waals surface area contributed by atoms with Crippen LogP contribution in [0.25, 0.3) is 0 Å². The number of rotatable bonds is 4. The van der Waals surface area contributed by atoms with E-state index in [-0.39, 0.29) is 27.2 Å². The molecule has 0 atom stereocenters. The summed E-state index contributed by atoms with van der Waals surface area (Å²) >= 11 is 11.7. The Balaban J connectivity index is 2.48. The minimum Gasteiger partial charge on any atom is -0.326 e. The molecule has 2 rings (SSSR count). The van der Waals surface area contributed by atoms with Crippen molar-refractivity contribution in [2.24, 2.45) is 5.73 Å². The Hall–Kier alpha value is -1.34. The number of hydrogen-bond donors (Lipinski definition) is 2. The SMILES string of the molecule is NCc1ccc(Cl)c(S(=O)(=O)Nc2c(F)cccc2Cl)c1.